The number of carbonyl (C=O) groups excluding carboxylic acids is 1. The second-order valence-corrected chi connectivity index (χ2v) is 3.35. The number of pyridine rings is 1. The molecule has 0 radical (unpaired) electrons. The summed E-state index contributed by atoms with van der Waals surface area (Å²) in [6, 6.07) is 3.69. The molecule has 16 heavy (non-hydrogen) atoms. The molecule has 5 nitrogen and oxygen atoms in total. The maximum absolute atomic E-state index is 11.5. The Morgan fingerprint density at radius 1 is 1.50 bits per heavy atom. The third-order valence-electron chi connectivity index (χ3n) is 2.14. The lowest BCUT2D eigenvalue weighted by Gasteiger charge is -2.17. The van der Waals surface area contributed by atoms with Gasteiger partial charge in [-0.2, -0.15) is 0 Å². The maximum atomic E-state index is 11.5. The molecule has 1 amide bonds. The Morgan fingerprint density at radius 2 is 2.25 bits per heavy atom. The Kier molecular flexibility index (Phi) is 4.72. The molecule has 1 aromatic rings. The van der Waals surface area contributed by atoms with Gasteiger partial charge in [0.1, 0.15) is 6.61 Å². The molecular formula is C11H16N2O3. The van der Waals surface area contributed by atoms with Crippen molar-refractivity contribution in [1.82, 2.24) is 9.88 Å². The molecule has 0 aliphatic rings. The predicted octanol–water partition coefficient (Wildman–Crippen LogP) is 0.695. The second-order valence-electron chi connectivity index (χ2n) is 3.35. The minimum absolute atomic E-state index is 0.0755. The third kappa shape index (κ3) is 3.20. The minimum Gasteiger partial charge on any atom is -0.481 e. The first-order chi connectivity index (χ1) is 7.69. The zero-order valence-electron chi connectivity index (χ0n) is 9.77. The van der Waals surface area contributed by atoms with Crippen LogP contribution < -0.4 is 4.74 Å². The van der Waals surface area contributed by atoms with E-state index in [4.69, 9.17) is 9.47 Å². The molecule has 0 aromatic carbocycles. The summed E-state index contributed by atoms with van der Waals surface area (Å²) in [6.45, 7) is 0.540. The molecule has 0 bridgehead atoms. The number of rotatable bonds is 5. The molecule has 5 heteroatoms. The summed E-state index contributed by atoms with van der Waals surface area (Å²) in [6.07, 6.45) is 1.65. The molecule has 0 aliphatic heterocycles. The van der Waals surface area contributed by atoms with E-state index >= 15 is 0 Å². The van der Waals surface area contributed by atoms with E-state index in [1.807, 2.05) is 12.1 Å². The first-order valence-electron chi connectivity index (χ1n) is 4.89. The van der Waals surface area contributed by atoms with Gasteiger partial charge in [-0.25, -0.2) is 4.98 Å². The monoisotopic (exact) mass is 224 g/mol. The van der Waals surface area contributed by atoms with E-state index in [0.29, 0.717) is 12.4 Å². The molecule has 1 heterocycles. The van der Waals surface area contributed by atoms with Gasteiger partial charge < -0.3 is 14.4 Å². The minimum atomic E-state index is -0.0755. The van der Waals surface area contributed by atoms with Crippen LogP contribution in [-0.4, -0.2) is 43.7 Å². The van der Waals surface area contributed by atoms with Crippen LogP contribution in [0.4, 0.5) is 0 Å². The molecule has 0 fully saturated rings. The predicted molar refractivity (Wildman–Crippen MR) is 59.1 cm³/mol. The van der Waals surface area contributed by atoms with Gasteiger partial charge in [0.25, 0.3) is 0 Å². The number of nitrogens with zero attached hydrogens (tertiary/aromatic N) is 2. The van der Waals surface area contributed by atoms with Gasteiger partial charge in [0.2, 0.25) is 11.8 Å². The molecule has 1 aromatic heterocycles. The average molecular weight is 224 g/mol. The lowest BCUT2D eigenvalue weighted by Crippen LogP contribution is -2.29. The molecule has 88 valence electrons. The number of hydrogen-bond acceptors (Lipinski definition) is 4. The normalized spacial score (nSPS) is 9.94. The fourth-order valence-electron chi connectivity index (χ4n) is 1.31. The molecule has 0 N–H and O–H groups in total. The summed E-state index contributed by atoms with van der Waals surface area (Å²) in [4.78, 5) is 17.1. The Bertz CT molecular complexity index is 355. The second kappa shape index (κ2) is 6.07. The molecule has 1 rings (SSSR count). The van der Waals surface area contributed by atoms with Crippen molar-refractivity contribution in [2.75, 3.05) is 27.9 Å². The van der Waals surface area contributed by atoms with Crippen molar-refractivity contribution in [1.29, 1.82) is 0 Å². The fourth-order valence-corrected chi connectivity index (χ4v) is 1.31. The Hall–Kier alpha value is -1.62. The van der Waals surface area contributed by atoms with Crippen molar-refractivity contribution < 1.29 is 14.3 Å². The molecule has 0 spiro atoms. The highest BCUT2D eigenvalue weighted by Gasteiger charge is 2.11. The number of carbonyl (C=O) groups is 1. The van der Waals surface area contributed by atoms with Crippen molar-refractivity contribution in [2.24, 2.45) is 0 Å². The highest BCUT2D eigenvalue weighted by atomic mass is 16.5. The Morgan fingerprint density at radius 3 is 2.88 bits per heavy atom. The summed E-state index contributed by atoms with van der Waals surface area (Å²) in [7, 11) is 4.77. The van der Waals surface area contributed by atoms with Gasteiger partial charge in [0, 0.05) is 25.9 Å². The Balaban J connectivity index is 2.68. The number of hydrogen-bond donors (Lipinski definition) is 0. The van der Waals surface area contributed by atoms with E-state index in [9.17, 15) is 4.79 Å². The van der Waals surface area contributed by atoms with Crippen molar-refractivity contribution in [2.45, 2.75) is 6.54 Å². The lowest BCUT2D eigenvalue weighted by molar-refractivity contribution is -0.134. The van der Waals surface area contributed by atoms with Crippen LogP contribution in [0.3, 0.4) is 0 Å². The highest BCUT2D eigenvalue weighted by molar-refractivity contribution is 5.77. The van der Waals surface area contributed by atoms with Crippen molar-refractivity contribution in [3.8, 4) is 5.88 Å². The largest absolute Gasteiger partial charge is 0.481 e. The zero-order chi connectivity index (χ0) is 12.0. The lowest BCUT2D eigenvalue weighted by atomic mass is 10.2. The van der Waals surface area contributed by atoms with Crippen LogP contribution >= 0.6 is 0 Å². The fraction of sp³-hybridized carbons (Fsp3) is 0.455. The van der Waals surface area contributed by atoms with Crippen LogP contribution in [0.25, 0.3) is 0 Å². The first-order valence-corrected chi connectivity index (χ1v) is 4.89. The molecule has 0 saturated carbocycles. The van der Waals surface area contributed by atoms with Gasteiger partial charge in [-0.3, -0.25) is 4.79 Å². The summed E-state index contributed by atoms with van der Waals surface area (Å²) in [5.74, 6) is 0.466. The van der Waals surface area contributed by atoms with Crippen LogP contribution in [0.15, 0.2) is 18.3 Å². The van der Waals surface area contributed by atoms with Gasteiger partial charge in [-0.15, -0.1) is 0 Å². The number of aromatic nitrogens is 1. The van der Waals surface area contributed by atoms with Crippen LogP contribution in [0.2, 0.25) is 0 Å². The zero-order valence-corrected chi connectivity index (χ0v) is 9.77. The first kappa shape index (κ1) is 12.4. The molecule has 0 aliphatic carbocycles. The van der Waals surface area contributed by atoms with Gasteiger partial charge >= 0.3 is 0 Å². The molecule has 0 unspecified atom stereocenters. The van der Waals surface area contributed by atoms with Crippen LogP contribution in [-0.2, 0) is 16.1 Å². The van der Waals surface area contributed by atoms with Crippen molar-refractivity contribution >= 4 is 5.91 Å². The van der Waals surface area contributed by atoms with Crippen molar-refractivity contribution in [3.63, 3.8) is 0 Å². The summed E-state index contributed by atoms with van der Waals surface area (Å²) < 4.78 is 9.89. The summed E-state index contributed by atoms with van der Waals surface area (Å²) in [5, 5.41) is 0. The number of likely N-dealkylation sites (N-methyl/N-ethyl adjacent to an activating group) is 1. The van der Waals surface area contributed by atoms with Gasteiger partial charge in [-0.1, -0.05) is 6.07 Å². The van der Waals surface area contributed by atoms with E-state index in [1.165, 1.54) is 7.11 Å². The van der Waals surface area contributed by atoms with E-state index in [2.05, 4.69) is 4.98 Å². The van der Waals surface area contributed by atoms with Gasteiger partial charge in [-0.05, 0) is 6.07 Å². The van der Waals surface area contributed by atoms with Crippen LogP contribution in [0.1, 0.15) is 5.56 Å². The van der Waals surface area contributed by atoms with E-state index in [0.717, 1.165) is 5.56 Å². The third-order valence-corrected chi connectivity index (χ3v) is 2.14. The average Bonchev–Trinajstić information content (AvgIpc) is 2.30. The number of ether oxygens (including phenoxy) is 2. The van der Waals surface area contributed by atoms with Gasteiger partial charge in [0.05, 0.1) is 13.7 Å². The van der Waals surface area contributed by atoms with E-state index in [1.54, 1.807) is 25.3 Å². The molecule has 0 atom stereocenters. The van der Waals surface area contributed by atoms with Crippen LogP contribution in [0, 0.1) is 0 Å². The topological polar surface area (TPSA) is 51.7 Å². The van der Waals surface area contributed by atoms with E-state index in [-0.39, 0.29) is 12.5 Å². The quantitative estimate of drug-likeness (QED) is 0.738. The summed E-state index contributed by atoms with van der Waals surface area (Å²) in [5.41, 5.74) is 0.872. The number of amides is 1. The van der Waals surface area contributed by atoms with Crippen molar-refractivity contribution in [3.05, 3.63) is 23.9 Å². The highest BCUT2D eigenvalue weighted by Crippen LogP contribution is 2.15. The summed E-state index contributed by atoms with van der Waals surface area (Å²) >= 11 is 0. The van der Waals surface area contributed by atoms with E-state index < -0.39 is 0 Å². The van der Waals surface area contributed by atoms with Crippen LogP contribution in [0.5, 0.6) is 5.88 Å². The Labute approximate surface area is 95.0 Å². The molecular weight excluding hydrogens is 208 g/mol. The number of methoxy groups -OCH3 is 2. The van der Waals surface area contributed by atoms with Gasteiger partial charge in [0.15, 0.2) is 0 Å². The molecule has 0 saturated heterocycles. The standard InChI is InChI=1S/C11H16N2O3/c1-13(10(14)8-15-2)7-9-5-4-6-12-11(9)16-3/h4-6H,7-8H2,1-3H3. The maximum Gasteiger partial charge on any atom is 0.248 e. The SMILES string of the molecule is COCC(=O)N(C)Cc1cccnc1OC. The smallest absolute Gasteiger partial charge is 0.248 e.